The van der Waals surface area contributed by atoms with Crippen molar-refractivity contribution in [1.29, 1.82) is 0 Å². The van der Waals surface area contributed by atoms with Crippen molar-refractivity contribution in [3.8, 4) is 0 Å². The molecule has 0 saturated heterocycles. The van der Waals surface area contributed by atoms with Gasteiger partial charge in [-0.1, -0.05) is 0 Å². The molecule has 0 rings (SSSR count). The predicted octanol–water partition coefficient (Wildman–Crippen LogP) is -0.182. The number of hydrogen-bond acceptors (Lipinski definition) is 13. The van der Waals surface area contributed by atoms with Gasteiger partial charge in [0.25, 0.3) is 0 Å². The lowest BCUT2D eigenvalue weighted by atomic mass is 10.3. The molecule has 0 amide bonds. The van der Waals surface area contributed by atoms with Gasteiger partial charge >= 0.3 is 11.9 Å². The van der Waals surface area contributed by atoms with Crippen LogP contribution in [0.15, 0.2) is 0 Å². The Bertz CT molecular complexity index is 259. The van der Waals surface area contributed by atoms with Gasteiger partial charge in [0.15, 0.2) is 0 Å². The molecule has 0 bridgehead atoms. The lowest BCUT2D eigenvalue weighted by Gasteiger charge is -2.10. The van der Waals surface area contributed by atoms with Crippen LogP contribution in [-0.4, -0.2) is 36.7 Å². The highest BCUT2D eigenvalue weighted by molar-refractivity contribution is 7.95. The molecule has 0 aromatic carbocycles. The van der Waals surface area contributed by atoms with E-state index in [1.165, 1.54) is 0 Å². The Labute approximate surface area is 110 Å². The largest absolute Gasteiger partial charge is 0.469 e. The normalized spacial score (nSPS) is 11.9. The maximum Gasteiger partial charge on any atom is 0.321 e. The van der Waals surface area contributed by atoms with Crippen molar-refractivity contribution >= 4 is 24.0 Å². The van der Waals surface area contributed by atoms with Crippen molar-refractivity contribution in [3.05, 3.63) is 0 Å². The van der Waals surface area contributed by atoms with Crippen LogP contribution < -0.4 is 0 Å². The quantitative estimate of drug-likeness (QED) is 0.178. The first-order chi connectivity index (χ1) is 9.15. The molecule has 0 saturated carbocycles. The first-order valence-electron chi connectivity index (χ1n) is 4.27. The fourth-order valence-electron chi connectivity index (χ4n) is 0.644. The molecular formula is C6H10O12S. The summed E-state index contributed by atoms with van der Waals surface area (Å²) in [4.78, 5) is 22.2. The summed E-state index contributed by atoms with van der Waals surface area (Å²) in [6.45, 7) is 0. The predicted molar refractivity (Wildman–Crippen MR) is 50.3 cm³/mol. The first kappa shape index (κ1) is 18.0. The molecule has 0 radical (unpaired) electrons. The Kier molecular flexibility index (Phi) is 11.4. The van der Waals surface area contributed by atoms with Crippen molar-refractivity contribution < 1.29 is 58.9 Å². The molecule has 1 unspecified atom stereocenters. The van der Waals surface area contributed by atoms with E-state index in [4.69, 9.17) is 5.26 Å². The average Bonchev–Trinajstić information content (AvgIpc) is 2.43. The minimum absolute atomic E-state index is 0.323. The molecular weight excluding hydrogens is 296 g/mol. The third-order valence-corrected chi connectivity index (χ3v) is 2.09. The third kappa shape index (κ3) is 9.54. The SMILES string of the molecule is COC(=O)CC(SOOOOOOOO)C(=O)OC. The van der Waals surface area contributed by atoms with Crippen LogP contribution >= 0.6 is 12.0 Å². The summed E-state index contributed by atoms with van der Waals surface area (Å²) in [5.41, 5.74) is 0. The third-order valence-electron chi connectivity index (χ3n) is 1.37. The molecule has 0 aliphatic carbocycles. The summed E-state index contributed by atoms with van der Waals surface area (Å²) in [6, 6.07) is 0. The van der Waals surface area contributed by atoms with Gasteiger partial charge < -0.3 is 9.47 Å². The summed E-state index contributed by atoms with van der Waals surface area (Å²) < 4.78 is 13.0. The molecule has 19 heavy (non-hydrogen) atoms. The molecule has 0 fully saturated rings. The number of carbonyl (C=O) groups excluding carboxylic acids is 2. The second kappa shape index (κ2) is 12.0. The van der Waals surface area contributed by atoms with E-state index in [-0.39, 0.29) is 6.42 Å². The van der Waals surface area contributed by atoms with E-state index in [0.29, 0.717) is 12.0 Å². The van der Waals surface area contributed by atoms with Crippen LogP contribution in [0.1, 0.15) is 6.42 Å². The molecule has 0 spiro atoms. The van der Waals surface area contributed by atoms with Gasteiger partial charge in [0.1, 0.15) is 5.25 Å². The van der Waals surface area contributed by atoms with Crippen LogP contribution in [0.4, 0.5) is 0 Å². The lowest BCUT2D eigenvalue weighted by molar-refractivity contribution is -0.805. The summed E-state index contributed by atoms with van der Waals surface area (Å²) in [5.74, 6) is -1.42. The highest BCUT2D eigenvalue weighted by Crippen LogP contribution is 2.18. The monoisotopic (exact) mass is 306 g/mol. The van der Waals surface area contributed by atoms with E-state index in [9.17, 15) is 9.59 Å². The number of ether oxygens (including phenoxy) is 2. The van der Waals surface area contributed by atoms with E-state index in [1.54, 1.807) is 0 Å². The Balaban J connectivity index is 3.80. The Morgan fingerprint density at radius 2 is 1.68 bits per heavy atom. The van der Waals surface area contributed by atoms with Gasteiger partial charge in [0, 0.05) is 0 Å². The molecule has 1 N–H and O–H groups in total. The van der Waals surface area contributed by atoms with Gasteiger partial charge in [-0.25, -0.2) is 5.26 Å². The maximum absolute atomic E-state index is 11.2. The number of carbonyl (C=O) groups is 2. The van der Waals surface area contributed by atoms with Gasteiger partial charge in [-0.2, -0.15) is 0 Å². The zero-order chi connectivity index (χ0) is 14.5. The van der Waals surface area contributed by atoms with E-state index >= 15 is 0 Å². The zero-order valence-electron chi connectivity index (χ0n) is 9.63. The Morgan fingerprint density at radius 3 is 2.26 bits per heavy atom. The van der Waals surface area contributed by atoms with Crippen LogP contribution in [0.2, 0.25) is 0 Å². The molecule has 0 aromatic rings. The summed E-state index contributed by atoms with van der Waals surface area (Å²) in [6.07, 6.45) is -0.323. The summed E-state index contributed by atoms with van der Waals surface area (Å²) in [7, 11) is 2.27. The second-order valence-electron chi connectivity index (χ2n) is 2.37. The van der Waals surface area contributed by atoms with E-state index in [0.717, 1.165) is 14.2 Å². The number of methoxy groups -OCH3 is 2. The second-order valence-corrected chi connectivity index (χ2v) is 3.27. The van der Waals surface area contributed by atoms with Gasteiger partial charge in [0.05, 0.1) is 32.7 Å². The summed E-state index contributed by atoms with van der Waals surface area (Å²) >= 11 is 0.382. The van der Waals surface area contributed by atoms with Crippen LogP contribution in [-0.2, 0) is 53.6 Å². The van der Waals surface area contributed by atoms with E-state index < -0.39 is 17.2 Å². The topological polar surface area (TPSA) is 137 Å². The average molecular weight is 306 g/mol. The lowest BCUT2D eigenvalue weighted by Crippen LogP contribution is -2.23. The highest BCUT2D eigenvalue weighted by atomic mass is 32.2. The van der Waals surface area contributed by atoms with Crippen molar-refractivity contribution in [2.45, 2.75) is 11.7 Å². The molecule has 0 aromatic heterocycles. The van der Waals surface area contributed by atoms with Crippen molar-refractivity contribution in [2.75, 3.05) is 14.2 Å². The minimum atomic E-state index is -1.06. The Hall–Kier alpha value is -1.03. The standard InChI is InChI=1S/C6H10O12S/c1-10-5(7)3-4(6(8)11-2)19-18-17-16-15-14-13-12-9/h4,9H,3H2,1-2H3. The van der Waals surface area contributed by atoms with E-state index in [2.05, 4.69) is 44.0 Å². The van der Waals surface area contributed by atoms with E-state index in [1.807, 2.05) is 0 Å². The zero-order valence-corrected chi connectivity index (χ0v) is 10.4. The molecule has 1 atom stereocenters. The van der Waals surface area contributed by atoms with Crippen LogP contribution in [0.5, 0.6) is 0 Å². The fraction of sp³-hybridized carbons (Fsp3) is 0.667. The Morgan fingerprint density at radius 1 is 1.05 bits per heavy atom. The summed E-state index contributed by atoms with van der Waals surface area (Å²) in [5, 5.41) is 27.4. The molecule has 0 heterocycles. The smallest absolute Gasteiger partial charge is 0.321 e. The maximum atomic E-state index is 11.2. The van der Waals surface area contributed by atoms with Gasteiger partial charge in [-0.15, -0.1) is 4.33 Å². The van der Waals surface area contributed by atoms with Crippen molar-refractivity contribution in [2.24, 2.45) is 0 Å². The van der Waals surface area contributed by atoms with Crippen molar-refractivity contribution in [1.82, 2.24) is 0 Å². The number of esters is 2. The number of hydrogen-bond donors (Lipinski definition) is 1. The van der Waals surface area contributed by atoms with Gasteiger partial charge in [0.2, 0.25) is 0 Å². The van der Waals surface area contributed by atoms with Gasteiger partial charge in [-0.3, -0.25) is 9.59 Å². The molecule has 13 heteroatoms. The van der Waals surface area contributed by atoms with Crippen LogP contribution in [0.3, 0.4) is 0 Å². The van der Waals surface area contributed by atoms with Crippen LogP contribution in [0, 0.1) is 0 Å². The highest BCUT2D eigenvalue weighted by Gasteiger charge is 2.25. The molecule has 112 valence electrons. The molecule has 0 aliphatic rings. The fourth-order valence-corrected chi connectivity index (χ4v) is 1.17. The minimum Gasteiger partial charge on any atom is -0.469 e. The molecule has 12 nitrogen and oxygen atoms in total. The molecule has 0 aliphatic heterocycles. The van der Waals surface area contributed by atoms with Crippen LogP contribution in [0.25, 0.3) is 0 Å². The van der Waals surface area contributed by atoms with Gasteiger partial charge in [-0.05, 0) is 30.2 Å². The van der Waals surface area contributed by atoms with Crippen molar-refractivity contribution in [3.63, 3.8) is 0 Å². The number of rotatable bonds is 11. The first-order valence-corrected chi connectivity index (χ1v) is 5.07.